The number of aromatic nitrogens is 1. The molecular formula is C16H21N3O7S. The van der Waals surface area contributed by atoms with Crippen LogP contribution in [0.2, 0.25) is 0 Å². The van der Waals surface area contributed by atoms with E-state index < -0.39 is 22.5 Å². The van der Waals surface area contributed by atoms with Crippen molar-refractivity contribution in [1.82, 2.24) is 5.16 Å². The first-order valence-corrected chi connectivity index (χ1v) is 9.55. The third-order valence-corrected chi connectivity index (χ3v) is 4.62. The molecule has 1 heterocycles. The van der Waals surface area contributed by atoms with E-state index in [9.17, 15) is 13.2 Å². The van der Waals surface area contributed by atoms with Crippen molar-refractivity contribution >= 4 is 27.4 Å². The lowest BCUT2D eigenvalue weighted by Gasteiger charge is -2.19. The fourth-order valence-corrected chi connectivity index (χ4v) is 3.10. The highest BCUT2D eigenvalue weighted by Crippen LogP contribution is 2.39. The molecule has 2 aromatic rings. The number of carbonyl (C=O) groups is 1. The van der Waals surface area contributed by atoms with Crippen LogP contribution in [0.25, 0.3) is 0 Å². The molecule has 10 nitrogen and oxygen atoms in total. The van der Waals surface area contributed by atoms with Crippen molar-refractivity contribution in [2.75, 3.05) is 43.8 Å². The molecule has 0 aliphatic rings. The summed E-state index contributed by atoms with van der Waals surface area (Å²) in [7, 11) is 0.604. The lowest BCUT2D eigenvalue weighted by Crippen LogP contribution is -2.37. The fourth-order valence-electron chi connectivity index (χ4n) is 2.32. The van der Waals surface area contributed by atoms with Gasteiger partial charge in [0.2, 0.25) is 21.7 Å². The number of nitrogens with zero attached hydrogens (tertiary/aromatic N) is 2. The van der Waals surface area contributed by atoms with Crippen molar-refractivity contribution in [1.29, 1.82) is 0 Å². The molecule has 148 valence electrons. The van der Waals surface area contributed by atoms with Crippen LogP contribution in [0.5, 0.6) is 17.2 Å². The summed E-state index contributed by atoms with van der Waals surface area (Å²) in [6, 6.07) is 4.49. The molecule has 1 amide bonds. The van der Waals surface area contributed by atoms with Crippen LogP contribution in [0, 0.1) is 6.92 Å². The summed E-state index contributed by atoms with van der Waals surface area (Å²) < 4.78 is 45.4. The Labute approximate surface area is 157 Å². The number of carbonyl (C=O) groups excluding carboxylic acids is 1. The van der Waals surface area contributed by atoms with Crippen molar-refractivity contribution in [2.45, 2.75) is 6.92 Å². The van der Waals surface area contributed by atoms with E-state index in [0.717, 1.165) is 10.6 Å². The number of benzene rings is 1. The predicted octanol–water partition coefficient (Wildman–Crippen LogP) is 1.41. The number of hydrogen-bond acceptors (Lipinski definition) is 8. The SMILES string of the molecule is COc1cc(NC(=O)CN(c2cc(C)on2)S(C)(=O)=O)cc(OC)c1OC. The van der Waals surface area contributed by atoms with Gasteiger partial charge >= 0.3 is 0 Å². The van der Waals surface area contributed by atoms with Gasteiger partial charge in [0.05, 0.1) is 27.6 Å². The van der Waals surface area contributed by atoms with Gasteiger partial charge in [-0.1, -0.05) is 5.16 Å². The van der Waals surface area contributed by atoms with Crippen LogP contribution in [-0.2, 0) is 14.8 Å². The highest BCUT2D eigenvalue weighted by molar-refractivity contribution is 7.92. The minimum atomic E-state index is -3.75. The van der Waals surface area contributed by atoms with Gasteiger partial charge in [-0.3, -0.25) is 4.79 Å². The van der Waals surface area contributed by atoms with Crippen LogP contribution in [0.1, 0.15) is 5.76 Å². The van der Waals surface area contributed by atoms with Crippen molar-refractivity contribution in [3.05, 3.63) is 24.0 Å². The normalized spacial score (nSPS) is 11.0. The van der Waals surface area contributed by atoms with Gasteiger partial charge in [-0.2, -0.15) is 0 Å². The minimum absolute atomic E-state index is 0.0232. The molecule has 11 heteroatoms. The molecule has 0 bridgehead atoms. The van der Waals surface area contributed by atoms with E-state index in [1.165, 1.54) is 39.5 Å². The van der Waals surface area contributed by atoms with E-state index in [1.54, 1.807) is 6.92 Å². The number of amides is 1. The number of nitrogens with one attached hydrogen (secondary N) is 1. The maximum Gasteiger partial charge on any atom is 0.245 e. The summed E-state index contributed by atoms with van der Waals surface area (Å²) in [4.78, 5) is 12.4. The van der Waals surface area contributed by atoms with Crippen molar-refractivity contribution in [3.8, 4) is 17.2 Å². The van der Waals surface area contributed by atoms with Crippen LogP contribution >= 0.6 is 0 Å². The Hall–Kier alpha value is -2.95. The number of sulfonamides is 1. The van der Waals surface area contributed by atoms with Crippen molar-refractivity contribution in [2.24, 2.45) is 0 Å². The summed E-state index contributed by atoms with van der Waals surface area (Å²) >= 11 is 0. The van der Waals surface area contributed by atoms with Crippen molar-refractivity contribution < 1.29 is 31.9 Å². The average molecular weight is 399 g/mol. The molecule has 1 aromatic carbocycles. The van der Waals surface area contributed by atoms with Crippen molar-refractivity contribution in [3.63, 3.8) is 0 Å². The molecule has 0 fully saturated rings. The van der Waals surface area contributed by atoms with Gasteiger partial charge in [-0.25, -0.2) is 12.7 Å². The van der Waals surface area contributed by atoms with Gasteiger partial charge in [0.1, 0.15) is 12.3 Å². The van der Waals surface area contributed by atoms with E-state index in [-0.39, 0.29) is 5.82 Å². The molecule has 0 unspecified atom stereocenters. The number of ether oxygens (including phenoxy) is 3. The summed E-state index contributed by atoms with van der Waals surface area (Å²) in [6.45, 7) is 1.13. The van der Waals surface area contributed by atoms with Gasteiger partial charge in [0.25, 0.3) is 0 Å². The standard InChI is InChI=1S/C16H21N3O7S/c1-10-6-14(18-26-10)19(27(5,21)22)9-15(20)17-11-7-12(23-2)16(25-4)13(8-11)24-3/h6-8H,9H2,1-5H3,(H,17,20). The number of methoxy groups -OCH3 is 3. The number of hydrogen-bond donors (Lipinski definition) is 1. The monoisotopic (exact) mass is 399 g/mol. The minimum Gasteiger partial charge on any atom is -0.493 e. The van der Waals surface area contributed by atoms with Crippen LogP contribution in [0.4, 0.5) is 11.5 Å². The highest BCUT2D eigenvalue weighted by Gasteiger charge is 2.24. The molecule has 27 heavy (non-hydrogen) atoms. The average Bonchev–Trinajstić information content (AvgIpc) is 3.03. The quantitative estimate of drug-likeness (QED) is 0.707. The summed E-state index contributed by atoms with van der Waals surface area (Å²) in [5, 5.41) is 6.26. The number of rotatable bonds is 8. The Balaban J connectivity index is 2.25. The van der Waals surface area contributed by atoms with E-state index >= 15 is 0 Å². The van der Waals surface area contributed by atoms with E-state index in [1.807, 2.05) is 0 Å². The number of anilines is 2. The molecule has 0 saturated heterocycles. The molecule has 0 aliphatic heterocycles. The van der Waals surface area contributed by atoms with E-state index in [4.69, 9.17) is 18.7 Å². The van der Waals surface area contributed by atoms with Gasteiger partial charge in [-0.05, 0) is 6.92 Å². The topological polar surface area (TPSA) is 120 Å². The first-order valence-electron chi connectivity index (χ1n) is 7.70. The smallest absolute Gasteiger partial charge is 0.245 e. The summed E-state index contributed by atoms with van der Waals surface area (Å²) in [5.74, 6) is 0.918. The van der Waals surface area contributed by atoms with Gasteiger partial charge in [0, 0.05) is 23.9 Å². The third-order valence-electron chi connectivity index (χ3n) is 3.51. The Kier molecular flexibility index (Phi) is 6.16. The second kappa shape index (κ2) is 8.16. The molecule has 0 aliphatic carbocycles. The maximum absolute atomic E-state index is 12.4. The van der Waals surface area contributed by atoms with Crippen LogP contribution in [0.3, 0.4) is 0 Å². The van der Waals surface area contributed by atoms with Gasteiger partial charge in [0.15, 0.2) is 17.3 Å². The summed E-state index contributed by atoms with van der Waals surface area (Å²) in [5.41, 5.74) is 0.347. The largest absolute Gasteiger partial charge is 0.493 e. The second-order valence-electron chi connectivity index (χ2n) is 5.53. The Morgan fingerprint density at radius 2 is 1.74 bits per heavy atom. The first-order chi connectivity index (χ1) is 12.7. The van der Waals surface area contributed by atoms with E-state index in [2.05, 4.69) is 10.5 Å². The van der Waals surface area contributed by atoms with Crippen LogP contribution in [0.15, 0.2) is 22.7 Å². The van der Waals surface area contributed by atoms with E-state index in [0.29, 0.717) is 28.7 Å². The predicted molar refractivity (Wildman–Crippen MR) is 98.2 cm³/mol. The fraction of sp³-hybridized carbons (Fsp3) is 0.375. The first kappa shape index (κ1) is 20.4. The Morgan fingerprint density at radius 3 is 2.15 bits per heavy atom. The molecule has 1 N–H and O–H groups in total. The second-order valence-corrected chi connectivity index (χ2v) is 7.43. The molecule has 0 radical (unpaired) electrons. The highest BCUT2D eigenvalue weighted by atomic mass is 32.2. The molecule has 0 spiro atoms. The van der Waals surface area contributed by atoms with Crippen LogP contribution in [-0.4, -0.2) is 53.6 Å². The zero-order valence-corrected chi connectivity index (χ0v) is 16.4. The number of aryl methyl sites for hydroxylation is 1. The molecule has 0 atom stereocenters. The molecule has 2 rings (SSSR count). The molecule has 0 saturated carbocycles. The third kappa shape index (κ3) is 4.82. The maximum atomic E-state index is 12.4. The summed E-state index contributed by atoms with van der Waals surface area (Å²) in [6.07, 6.45) is 0.976. The lowest BCUT2D eigenvalue weighted by atomic mass is 10.2. The van der Waals surface area contributed by atoms with Crippen LogP contribution < -0.4 is 23.8 Å². The molecule has 1 aromatic heterocycles. The lowest BCUT2D eigenvalue weighted by molar-refractivity contribution is -0.114. The zero-order chi connectivity index (χ0) is 20.2. The van der Waals surface area contributed by atoms with Gasteiger partial charge < -0.3 is 24.1 Å². The Morgan fingerprint density at radius 1 is 1.15 bits per heavy atom. The molecular weight excluding hydrogens is 378 g/mol. The Bertz CT molecular complexity index is 899. The van der Waals surface area contributed by atoms with Gasteiger partial charge in [-0.15, -0.1) is 0 Å². The zero-order valence-electron chi connectivity index (χ0n) is 15.6.